The van der Waals surface area contributed by atoms with E-state index < -0.39 is 41.4 Å². The standard InChI is InChI=1S/C30H33N3O6S/c1-19(21-13-9-6-10-14-21)15-24(34)33-25(27(36)38-18-20-11-7-5-8-12-20)23(26(33)35)16-22-17-31-28(40-22)32-29(37)39-30(2,3)4/h5-14,17,19,23,25H,15-16,18H2,1-4H3,(H,31,32,37)/t19-,23?,25-/m0/s1. The Labute approximate surface area is 237 Å². The summed E-state index contributed by atoms with van der Waals surface area (Å²) in [4.78, 5) is 57.8. The van der Waals surface area contributed by atoms with Crippen molar-refractivity contribution in [2.45, 2.75) is 64.7 Å². The van der Waals surface area contributed by atoms with E-state index in [1.54, 1.807) is 27.0 Å². The van der Waals surface area contributed by atoms with Crippen LogP contribution < -0.4 is 5.32 Å². The number of likely N-dealkylation sites (tertiary alicyclic amines) is 1. The minimum Gasteiger partial charge on any atom is -0.459 e. The van der Waals surface area contributed by atoms with E-state index in [2.05, 4.69) is 10.3 Å². The molecular formula is C30H33N3O6S. The lowest BCUT2D eigenvalue weighted by atomic mass is 9.83. The number of carbonyl (C=O) groups is 4. The summed E-state index contributed by atoms with van der Waals surface area (Å²) in [5, 5.41) is 2.89. The highest BCUT2D eigenvalue weighted by atomic mass is 32.1. The van der Waals surface area contributed by atoms with Crippen LogP contribution in [-0.4, -0.2) is 45.4 Å². The van der Waals surface area contributed by atoms with Gasteiger partial charge in [-0.1, -0.05) is 67.6 Å². The number of aromatic nitrogens is 1. The Morgan fingerprint density at radius 1 is 1.05 bits per heavy atom. The van der Waals surface area contributed by atoms with Gasteiger partial charge < -0.3 is 9.47 Å². The number of hydrogen-bond acceptors (Lipinski definition) is 8. The molecule has 1 aromatic heterocycles. The molecule has 0 saturated carbocycles. The molecule has 1 aliphatic rings. The summed E-state index contributed by atoms with van der Waals surface area (Å²) in [6.45, 7) is 7.21. The molecule has 3 aromatic rings. The third-order valence-electron chi connectivity index (χ3n) is 6.38. The maximum Gasteiger partial charge on any atom is 0.413 e. The molecule has 2 heterocycles. The van der Waals surface area contributed by atoms with E-state index in [1.807, 2.05) is 67.6 Å². The Bertz CT molecular complexity index is 1350. The molecule has 1 N–H and O–H groups in total. The highest BCUT2D eigenvalue weighted by molar-refractivity contribution is 7.15. The third kappa shape index (κ3) is 7.32. The smallest absolute Gasteiger partial charge is 0.413 e. The molecule has 210 valence electrons. The SMILES string of the molecule is C[C@@H](CC(=O)N1C(=O)C(Cc2cnc(NC(=O)OC(C)(C)C)s2)[C@H]1C(=O)OCc1ccccc1)c1ccccc1. The van der Waals surface area contributed by atoms with Gasteiger partial charge in [0.05, 0.1) is 5.92 Å². The molecule has 10 heteroatoms. The summed E-state index contributed by atoms with van der Waals surface area (Å²) < 4.78 is 10.8. The van der Waals surface area contributed by atoms with E-state index in [1.165, 1.54) is 11.3 Å². The second-order valence-electron chi connectivity index (χ2n) is 10.7. The molecule has 3 amide bonds. The number of ether oxygens (including phenoxy) is 2. The predicted octanol–water partition coefficient (Wildman–Crippen LogP) is 5.32. The number of esters is 1. The predicted molar refractivity (Wildman–Crippen MR) is 151 cm³/mol. The van der Waals surface area contributed by atoms with Crippen LogP contribution in [0.3, 0.4) is 0 Å². The number of nitrogens with zero attached hydrogens (tertiary/aromatic N) is 2. The highest BCUT2D eigenvalue weighted by Gasteiger charge is 2.55. The van der Waals surface area contributed by atoms with Crippen LogP contribution in [0.4, 0.5) is 9.93 Å². The fourth-order valence-electron chi connectivity index (χ4n) is 4.44. The van der Waals surface area contributed by atoms with Gasteiger partial charge in [-0.3, -0.25) is 19.8 Å². The van der Waals surface area contributed by atoms with E-state index in [0.29, 0.717) is 10.0 Å². The van der Waals surface area contributed by atoms with Gasteiger partial charge in [-0.05, 0) is 44.2 Å². The maximum atomic E-state index is 13.3. The number of anilines is 1. The van der Waals surface area contributed by atoms with Gasteiger partial charge in [-0.15, -0.1) is 11.3 Å². The topological polar surface area (TPSA) is 115 Å². The van der Waals surface area contributed by atoms with Crippen LogP contribution in [0.25, 0.3) is 0 Å². The van der Waals surface area contributed by atoms with Crippen LogP contribution in [0.1, 0.15) is 56.0 Å². The van der Waals surface area contributed by atoms with Gasteiger partial charge >= 0.3 is 12.1 Å². The average molecular weight is 564 g/mol. The molecule has 0 aliphatic carbocycles. The van der Waals surface area contributed by atoms with E-state index in [4.69, 9.17) is 9.47 Å². The lowest BCUT2D eigenvalue weighted by molar-refractivity contribution is -0.180. The van der Waals surface area contributed by atoms with Crippen molar-refractivity contribution in [3.8, 4) is 0 Å². The second kappa shape index (κ2) is 12.4. The van der Waals surface area contributed by atoms with Crippen LogP contribution in [0, 0.1) is 5.92 Å². The molecule has 2 aromatic carbocycles. The molecule has 1 unspecified atom stereocenters. The lowest BCUT2D eigenvalue weighted by Gasteiger charge is -2.44. The summed E-state index contributed by atoms with van der Waals surface area (Å²) in [6, 6.07) is 17.7. The van der Waals surface area contributed by atoms with Crippen molar-refractivity contribution in [1.29, 1.82) is 0 Å². The minimum atomic E-state index is -1.05. The number of β-lactam (4-membered cyclic amide) rings is 1. The average Bonchev–Trinajstić information content (AvgIpc) is 3.35. The number of thiazole rings is 1. The zero-order valence-electron chi connectivity index (χ0n) is 23.0. The fraction of sp³-hybridized carbons (Fsp3) is 0.367. The molecule has 0 bridgehead atoms. The highest BCUT2D eigenvalue weighted by Crippen LogP contribution is 2.35. The summed E-state index contributed by atoms with van der Waals surface area (Å²) >= 11 is 1.18. The quantitative estimate of drug-likeness (QED) is 0.277. The number of carbonyl (C=O) groups excluding carboxylic acids is 4. The van der Waals surface area contributed by atoms with Crippen molar-refractivity contribution >= 4 is 40.3 Å². The zero-order valence-corrected chi connectivity index (χ0v) is 23.8. The molecule has 40 heavy (non-hydrogen) atoms. The minimum absolute atomic E-state index is 0.0318. The van der Waals surface area contributed by atoms with Crippen LogP contribution in [0.5, 0.6) is 0 Å². The van der Waals surface area contributed by atoms with E-state index in [-0.39, 0.29) is 25.4 Å². The summed E-state index contributed by atoms with van der Waals surface area (Å²) in [6.07, 6.45) is 1.16. The normalized spacial score (nSPS) is 17.5. The van der Waals surface area contributed by atoms with E-state index in [9.17, 15) is 19.2 Å². The second-order valence-corrected chi connectivity index (χ2v) is 11.8. The Hall–Kier alpha value is -4.05. The number of hydrogen-bond donors (Lipinski definition) is 1. The molecule has 1 saturated heterocycles. The van der Waals surface area contributed by atoms with Crippen LogP contribution in [0.15, 0.2) is 66.9 Å². The van der Waals surface area contributed by atoms with Crippen LogP contribution in [-0.2, 0) is 36.9 Å². The lowest BCUT2D eigenvalue weighted by Crippen LogP contribution is -2.67. The number of imide groups is 1. The zero-order chi connectivity index (χ0) is 28.9. The number of rotatable bonds is 9. The Morgan fingerprint density at radius 2 is 1.70 bits per heavy atom. The van der Waals surface area contributed by atoms with Gasteiger partial charge in [-0.2, -0.15) is 0 Å². The Balaban J connectivity index is 1.46. The molecule has 1 aliphatic heterocycles. The monoisotopic (exact) mass is 563 g/mol. The van der Waals surface area contributed by atoms with Gasteiger partial charge in [-0.25, -0.2) is 14.6 Å². The number of nitrogens with one attached hydrogen (secondary N) is 1. The van der Waals surface area contributed by atoms with Crippen LogP contribution >= 0.6 is 11.3 Å². The molecule has 4 rings (SSSR count). The van der Waals surface area contributed by atoms with Gasteiger partial charge in [0.2, 0.25) is 11.8 Å². The van der Waals surface area contributed by atoms with Gasteiger partial charge in [0, 0.05) is 17.5 Å². The van der Waals surface area contributed by atoms with Crippen molar-refractivity contribution in [1.82, 2.24) is 9.88 Å². The number of amides is 3. The first-order valence-corrected chi connectivity index (χ1v) is 13.9. The molecular weight excluding hydrogens is 530 g/mol. The van der Waals surface area contributed by atoms with Gasteiger partial charge in [0.25, 0.3) is 0 Å². The van der Waals surface area contributed by atoms with Crippen molar-refractivity contribution in [2.24, 2.45) is 5.92 Å². The fourth-order valence-corrected chi connectivity index (χ4v) is 5.29. The third-order valence-corrected chi connectivity index (χ3v) is 7.32. The molecule has 1 fully saturated rings. The number of benzene rings is 2. The largest absolute Gasteiger partial charge is 0.459 e. The van der Waals surface area contributed by atoms with Crippen molar-refractivity contribution < 1.29 is 28.7 Å². The summed E-state index contributed by atoms with van der Waals surface area (Å²) in [5.41, 5.74) is 1.11. The molecule has 3 atom stereocenters. The first kappa shape index (κ1) is 28.9. The van der Waals surface area contributed by atoms with Crippen LogP contribution in [0.2, 0.25) is 0 Å². The van der Waals surface area contributed by atoms with Crippen molar-refractivity contribution in [3.05, 3.63) is 82.9 Å². The molecule has 9 nitrogen and oxygen atoms in total. The van der Waals surface area contributed by atoms with Gasteiger partial charge in [0.1, 0.15) is 18.2 Å². The van der Waals surface area contributed by atoms with Crippen molar-refractivity contribution in [3.63, 3.8) is 0 Å². The Morgan fingerprint density at radius 3 is 2.35 bits per heavy atom. The first-order valence-electron chi connectivity index (χ1n) is 13.1. The summed E-state index contributed by atoms with van der Waals surface area (Å²) in [7, 11) is 0. The van der Waals surface area contributed by atoms with E-state index >= 15 is 0 Å². The Kier molecular flexibility index (Phi) is 8.99. The van der Waals surface area contributed by atoms with Crippen molar-refractivity contribution in [2.75, 3.05) is 5.32 Å². The molecule has 0 spiro atoms. The van der Waals surface area contributed by atoms with E-state index in [0.717, 1.165) is 16.0 Å². The first-order chi connectivity index (χ1) is 19.0. The van der Waals surface area contributed by atoms with Gasteiger partial charge in [0.15, 0.2) is 5.13 Å². The maximum absolute atomic E-state index is 13.3. The summed E-state index contributed by atoms with van der Waals surface area (Å²) in [5.74, 6) is -2.40. The molecule has 0 radical (unpaired) electrons.